The van der Waals surface area contributed by atoms with Gasteiger partial charge in [-0.25, -0.2) is 0 Å². The summed E-state index contributed by atoms with van der Waals surface area (Å²) in [5.41, 5.74) is 0.965. The van der Waals surface area contributed by atoms with E-state index in [0.717, 1.165) is 57.7 Å². The van der Waals surface area contributed by atoms with E-state index in [-0.39, 0.29) is 5.97 Å². The minimum atomic E-state index is -0.204. The van der Waals surface area contributed by atoms with Crippen LogP contribution in [-0.4, -0.2) is 62.7 Å². The minimum absolute atomic E-state index is 0.204. The van der Waals surface area contributed by atoms with Crippen LogP contribution in [0.15, 0.2) is 12.1 Å². The van der Waals surface area contributed by atoms with E-state index in [4.69, 9.17) is 14.2 Å². The third kappa shape index (κ3) is 7.19. The van der Waals surface area contributed by atoms with Crippen molar-refractivity contribution in [1.82, 2.24) is 9.80 Å². The predicted molar refractivity (Wildman–Crippen MR) is 116 cm³/mol. The van der Waals surface area contributed by atoms with Crippen LogP contribution in [0, 0.1) is 0 Å². The number of hydrogen-bond acceptors (Lipinski definition) is 6. The number of nitrogens with zero attached hydrogens (tertiary/aromatic N) is 2. The summed E-state index contributed by atoms with van der Waals surface area (Å²) in [5.74, 6) is 1.38. The zero-order chi connectivity index (χ0) is 21.1. The Hall–Kier alpha value is -1.79. The third-order valence-corrected chi connectivity index (χ3v) is 5.59. The fourth-order valence-electron chi connectivity index (χ4n) is 3.72. The molecule has 1 fully saturated rings. The molecule has 1 aromatic rings. The van der Waals surface area contributed by atoms with E-state index in [1.807, 2.05) is 12.1 Å². The van der Waals surface area contributed by atoms with E-state index in [0.29, 0.717) is 23.7 Å². The largest absolute Gasteiger partial charge is 0.493 e. The van der Waals surface area contributed by atoms with Gasteiger partial charge in [0.1, 0.15) is 0 Å². The molecule has 1 aliphatic rings. The number of ether oxygens (including phenoxy) is 3. The van der Waals surface area contributed by atoms with Gasteiger partial charge in [-0.1, -0.05) is 45.6 Å². The van der Waals surface area contributed by atoms with Gasteiger partial charge in [0.25, 0.3) is 0 Å². The number of likely N-dealkylation sites (N-methyl/N-ethyl adjacent to an activating group) is 1. The van der Waals surface area contributed by atoms with Crippen LogP contribution in [0.1, 0.15) is 57.9 Å². The van der Waals surface area contributed by atoms with E-state index in [1.165, 1.54) is 19.3 Å². The van der Waals surface area contributed by atoms with Crippen molar-refractivity contribution in [2.45, 2.75) is 58.9 Å². The van der Waals surface area contributed by atoms with Gasteiger partial charge in [-0.15, -0.1) is 0 Å². The summed E-state index contributed by atoms with van der Waals surface area (Å²) in [6.07, 6.45) is 5.93. The number of piperazine rings is 1. The zero-order valence-electron chi connectivity index (χ0n) is 18.7. The number of benzene rings is 1. The molecular weight excluding hydrogens is 368 g/mol. The first-order valence-corrected chi connectivity index (χ1v) is 11.0. The lowest BCUT2D eigenvalue weighted by Gasteiger charge is -2.34. The van der Waals surface area contributed by atoms with Crippen molar-refractivity contribution in [1.29, 1.82) is 0 Å². The van der Waals surface area contributed by atoms with Crippen molar-refractivity contribution in [3.05, 3.63) is 17.7 Å². The van der Waals surface area contributed by atoms with Crippen molar-refractivity contribution in [3.8, 4) is 17.2 Å². The SMILES string of the molecule is CCCCCCCC(=O)Oc1c(CN2CCN(CC)CC2)ccc(OC)c1OC. The number of rotatable bonds is 12. The van der Waals surface area contributed by atoms with Gasteiger partial charge in [0.05, 0.1) is 14.2 Å². The van der Waals surface area contributed by atoms with Crippen LogP contribution in [0.25, 0.3) is 0 Å². The summed E-state index contributed by atoms with van der Waals surface area (Å²) in [6.45, 7) is 10.4. The Labute approximate surface area is 176 Å². The molecule has 6 nitrogen and oxygen atoms in total. The highest BCUT2D eigenvalue weighted by Crippen LogP contribution is 2.40. The maximum atomic E-state index is 12.5. The Bertz CT molecular complexity index is 628. The van der Waals surface area contributed by atoms with Gasteiger partial charge in [0.2, 0.25) is 5.75 Å². The van der Waals surface area contributed by atoms with E-state index in [2.05, 4.69) is 23.6 Å². The summed E-state index contributed by atoms with van der Waals surface area (Å²) in [7, 11) is 3.19. The fraction of sp³-hybridized carbons (Fsp3) is 0.696. The van der Waals surface area contributed by atoms with E-state index in [9.17, 15) is 4.79 Å². The highest BCUT2D eigenvalue weighted by atomic mass is 16.6. The number of unbranched alkanes of at least 4 members (excludes halogenated alkanes) is 4. The van der Waals surface area contributed by atoms with Crippen LogP contribution in [0.3, 0.4) is 0 Å². The summed E-state index contributed by atoms with van der Waals surface area (Å²) in [6, 6.07) is 3.87. The van der Waals surface area contributed by atoms with Crippen LogP contribution in [0.2, 0.25) is 0 Å². The molecule has 0 unspecified atom stereocenters. The first kappa shape index (κ1) is 23.5. The summed E-state index contributed by atoms with van der Waals surface area (Å²) in [5, 5.41) is 0. The quantitative estimate of drug-likeness (QED) is 0.296. The second kappa shape index (κ2) is 12.7. The molecular formula is C23H38N2O4. The Kier molecular flexibility index (Phi) is 10.3. The van der Waals surface area contributed by atoms with Gasteiger partial charge in [-0.3, -0.25) is 9.69 Å². The highest BCUT2D eigenvalue weighted by Gasteiger charge is 2.23. The lowest BCUT2D eigenvalue weighted by Crippen LogP contribution is -2.45. The fourth-order valence-corrected chi connectivity index (χ4v) is 3.72. The molecule has 0 radical (unpaired) electrons. The van der Waals surface area contributed by atoms with Crippen LogP contribution >= 0.6 is 0 Å². The molecule has 6 heteroatoms. The number of esters is 1. The monoisotopic (exact) mass is 406 g/mol. The molecule has 0 atom stereocenters. The average molecular weight is 407 g/mol. The molecule has 0 spiro atoms. The second-order valence-electron chi connectivity index (χ2n) is 7.64. The van der Waals surface area contributed by atoms with Crippen LogP contribution in [-0.2, 0) is 11.3 Å². The number of methoxy groups -OCH3 is 2. The minimum Gasteiger partial charge on any atom is -0.493 e. The van der Waals surface area contributed by atoms with Gasteiger partial charge in [-0.2, -0.15) is 0 Å². The molecule has 0 aromatic heterocycles. The molecule has 0 bridgehead atoms. The average Bonchev–Trinajstić information content (AvgIpc) is 2.75. The van der Waals surface area contributed by atoms with Gasteiger partial charge in [0.15, 0.2) is 11.5 Å². The summed E-state index contributed by atoms with van der Waals surface area (Å²) >= 11 is 0. The van der Waals surface area contributed by atoms with Gasteiger partial charge < -0.3 is 19.1 Å². The summed E-state index contributed by atoms with van der Waals surface area (Å²) < 4.78 is 16.8. The van der Waals surface area contributed by atoms with Crippen LogP contribution in [0.5, 0.6) is 17.2 Å². The lowest BCUT2D eigenvalue weighted by molar-refractivity contribution is -0.134. The first-order valence-electron chi connectivity index (χ1n) is 11.0. The molecule has 0 amide bonds. The van der Waals surface area contributed by atoms with E-state index < -0.39 is 0 Å². The molecule has 1 aliphatic heterocycles. The van der Waals surface area contributed by atoms with Crippen molar-refractivity contribution < 1.29 is 19.0 Å². The Balaban J connectivity index is 2.07. The molecule has 1 aromatic carbocycles. The normalized spacial score (nSPS) is 15.3. The standard InChI is InChI=1S/C23H38N2O4/c1-5-7-8-9-10-11-21(26)29-22-19(12-13-20(27-3)23(22)28-4)18-25-16-14-24(6-2)15-17-25/h12-13H,5-11,14-18H2,1-4H3. The summed E-state index contributed by atoms with van der Waals surface area (Å²) in [4.78, 5) is 17.3. The van der Waals surface area contributed by atoms with E-state index in [1.54, 1.807) is 14.2 Å². The molecule has 29 heavy (non-hydrogen) atoms. The number of hydrogen-bond donors (Lipinski definition) is 0. The lowest BCUT2D eigenvalue weighted by atomic mass is 10.1. The molecule has 0 saturated carbocycles. The van der Waals surface area contributed by atoms with Crippen LogP contribution in [0.4, 0.5) is 0 Å². The number of carbonyl (C=O) groups is 1. The van der Waals surface area contributed by atoms with Gasteiger partial charge in [-0.05, 0) is 19.0 Å². The van der Waals surface area contributed by atoms with E-state index >= 15 is 0 Å². The highest BCUT2D eigenvalue weighted by molar-refractivity contribution is 5.74. The molecule has 2 rings (SSSR count). The topological polar surface area (TPSA) is 51.2 Å². The van der Waals surface area contributed by atoms with Crippen molar-refractivity contribution in [2.24, 2.45) is 0 Å². The number of carbonyl (C=O) groups excluding carboxylic acids is 1. The molecule has 1 saturated heterocycles. The van der Waals surface area contributed by atoms with Gasteiger partial charge in [0, 0.05) is 44.7 Å². The van der Waals surface area contributed by atoms with Crippen molar-refractivity contribution in [3.63, 3.8) is 0 Å². The molecule has 0 aliphatic carbocycles. The predicted octanol–water partition coefficient (Wildman–Crippen LogP) is 4.11. The molecule has 1 heterocycles. The maximum Gasteiger partial charge on any atom is 0.311 e. The first-order chi connectivity index (χ1) is 14.1. The van der Waals surface area contributed by atoms with Crippen LogP contribution < -0.4 is 14.2 Å². The maximum absolute atomic E-state index is 12.5. The second-order valence-corrected chi connectivity index (χ2v) is 7.64. The zero-order valence-corrected chi connectivity index (χ0v) is 18.7. The third-order valence-electron chi connectivity index (χ3n) is 5.59. The van der Waals surface area contributed by atoms with Crippen molar-refractivity contribution >= 4 is 5.97 Å². The Morgan fingerprint density at radius 1 is 0.897 bits per heavy atom. The molecule has 0 N–H and O–H groups in total. The van der Waals surface area contributed by atoms with Crippen molar-refractivity contribution in [2.75, 3.05) is 46.9 Å². The Morgan fingerprint density at radius 3 is 2.21 bits per heavy atom. The Morgan fingerprint density at radius 2 is 1.59 bits per heavy atom. The smallest absolute Gasteiger partial charge is 0.311 e. The molecule has 164 valence electrons. The van der Waals surface area contributed by atoms with Gasteiger partial charge >= 0.3 is 5.97 Å².